The van der Waals surface area contributed by atoms with Crippen molar-refractivity contribution in [2.24, 2.45) is 0 Å². The number of methoxy groups -OCH3 is 1. The Hall–Kier alpha value is -3.84. The molecule has 0 bridgehead atoms. The molecule has 1 N–H and O–H groups in total. The van der Waals surface area contributed by atoms with E-state index in [0.29, 0.717) is 47.9 Å². The van der Waals surface area contributed by atoms with Gasteiger partial charge in [0.25, 0.3) is 0 Å². The lowest BCUT2D eigenvalue weighted by atomic mass is 10.0. The van der Waals surface area contributed by atoms with Crippen molar-refractivity contribution in [2.45, 2.75) is 96.9 Å². The summed E-state index contributed by atoms with van der Waals surface area (Å²) in [4.78, 5) is 50.0. The summed E-state index contributed by atoms with van der Waals surface area (Å²) >= 11 is 1.43. The normalized spacial score (nSPS) is 20.7. The number of rotatable bonds is 11. The fraction of sp³-hybridized carbons (Fsp3) is 0.548. The zero-order valence-electron chi connectivity index (χ0n) is 26.3. The van der Waals surface area contributed by atoms with Gasteiger partial charge in [0, 0.05) is 12.5 Å². The molecule has 44 heavy (non-hydrogen) atoms. The number of allylic oxidation sites excluding steroid dienone is 1. The molecule has 3 amide bonds. The number of aryl methyl sites for hydroxylation is 1. The Morgan fingerprint density at radius 3 is 2.68 bits per heavy atom. The van der Waals surface area contributed by atoms with Crippen molar-refractivity contribution in [3.8, 4) is 17.4 Å². The number of quaternary nitrogens is 1. The van der Waals surface area contributed by atoms with Gasteiger partial charge in [-0.25, -0.2) is 14.6 Å². The maximum absolute atomic E-state index is 14.4. The van der Waals surface area contributed by atoms with Crippen LogP contribution in [0.4, 0.5) is 9.59 Å². The summed E-state index contributed by atoms with van der Waals surface area (Å²) in [6.07, 6.45) is 3.83. The summed E-state index contributed by atoms with van der Waals surface area (Å²) in [7, 11) is 1.26. The van der Waals surface area contributed by atoms with E-state index in [0.717, 1.165) is 24.0 Å². The number of nitrogens with one attached hydrogen (secondary N) is 1. The summed E-state index contributed by atoms with van der Waals surface area (Å²) in [5.74, 6) is 0.834. The second kappa shape index (κ2) is 13.9. The Morgan fingerprint density at radius 2 is 2.02 bits per heavy atom. The number of hydrogen-bond acceptors (Lipinski definition) is 11. The molecule has 0 spiro atoms. The van der Waals surface area contributed by atoms with Crippen LogP contribution in [-0.2, 0) is 14.3 Å². The van der Waals surface area contributed by atoms with Crippen LogP contribution < -0.4 is 10.1 Å². The summed E-state index contributed by atoms with van der Waals surface area (Å²) in [5.41, 5.74) is 0.397. The lowest BCUT2D eigenvalue weighted by Crippen LogP contribution is -2.65. The Balaban J connectivity index is 1.62. The number of carbonyl (C=O) groups excluding carboxylic acids is 3. The quantitative estimate of drug-likeness (QED) is 0.145. The third-order valence-electron chi connectivity index (χ3n) is 7.54. The van der Waals surface area contributed by atoms with Gasteiger partial charge in [0.1, 0.15) is 34.7 Å². The molecular formula is C31H42N5O7S+. The fourth-order valence-corrected chi connectivity index (χ4v) is 6.26. The number of nitrogens with zero attached hydrogens (tertiary/aromatic N) is 4. The molecule has 1 fully saturated rings. The molecule has 1 aliphatic rings. The Kier molecular flexibility index (Phi) is 10.4. The first-order valence-electron chi connectivity index (χ1n) is 14.8. The summed E-state index contributed by atoms with van der Waals surface area (Å²) in [6, 6.07) is 2.13. The van der Waals surface area contributed by atoms with Crippen molar-refractivity contribution in [1.29, 1.82) is 0 Å². The summed E-state index contributed by atoms with van der Waals surface area (Å²) < 4.78 is 22.4. The highest BCUT2D eigenvalue weighted by Gasteiger charge is 2.60. The third kappa shape index (κ3) is 7.44. The van der Waals surface area contributed by atoms with Crippen LogP contribution in [0, 0.1) is 6.92 Å². The van der Waals surface area contributed by atoms with Crippen LogP contribution in [0.15, 0.2) is 34.7 Å². The van der Waals surface area contributed by atoms with Gasteiger partial charge in [-0.2, -0.15) is 14.3 Å². The largest absolute Gasteiger partial charge is 0.523 e. The molecule has 0 aliphatic carbocycles. The second-order valence-corrected chi connectivity index (χ2v) is 13.0. The second-order valence-electron chi connectivity index (χ2n) is 12.1. The number of aromatic nitrogens is 3. The highest BCUT2D eigenvalue weighted by atomic mass is 32.1. The molecule has 4 atom stereocenters. The molecule has 4 rings (SSSR count). The molecule has 3 aromatic heterocycles. The number of imide groups is 1. The van der Waals surface area contributed by atoms with Crippen LogP contribution in [0.5, 0.6) is 5.88 Å². The van der Waals surface area contributed by atoms with Gasteiger partial charge >= 0.3 is 18.1 Å². The first kappa shape index (κ1) is 33.1. The van der Waals surface area contributed by atoms with Gasteiger partial charge < -0.3 is 24.1 Å². The number of unbranched alkanes of at least 4 members (excludes halogenated alkanes) is 3. The molecular weight excluding hydrogens is 586 g/mol. The average Bonchev–Trinajstić information content (AvgIpc) is 3.69. The van der Waals surface area contributed by atoms with E-state index in [4.69, 9.17) is 18.7 Å². The number of ether oxygens (including phenoxy) is 3. The highest BCUT2D eigenvalue weighted by Crippen LogP contribution is 2.36. The Bertz CT molecular complexity index is 1500. The molecule has 13 heteroatoms. The van der Waals surface area contributed by atoms with E-state index >= 15 is 0 Å². The smallest absolute Gasteiger partial charge is 0.467 e. The van der Waals surface area contributed by atoms with E-state index in [1.54, 1.807) is 33.8 Å². The van der Waals surface area contributed by atoms with Crippen molar-refractivity contribution in [1.82, 2.24) is 20.4 Å². The van der Waals surface area contributed by atoms with E-state index in [1.807, 2.05) is 24.4 Å². The summed E-state index contributed by atoms with van der Waals surface area (Å²) in [6.45, 7) is 12.6. The minimum atomic E-state index is -0.973. The minimum absolute atomic E-state index is 0.00487. The molecule has 0 aromatic carbocycles. The Morgan fingerprint density at radius 1 is 1.25 bits per heavy atom. The minimum Gasteiger partial charge on any atom is -0.467 e. The number of hydrogen-bond donors (Lipinski definition) is 1. The van der Waals surface area contributed by atoms with Gasteiger partial charge in [-0.1, -0.05) is 24.1 Å². The van der Waals surface area contributed by atoms with Crippen molar-refractivity contribution >= 4 is 39.6 Å². The number of amides is 3. The van der Waals surface area contributed by atoms with Crippen LogP contribution in [-0.4, -0.2) is 75.1 Å². The maximum Gasteiger partial charge on any atom is 0.523 e. The van der Waals surface area contributed by atoms with E-state index < -0.39 is 46.4 Å². The molecule has 238 valence electrons. The van der Waals surface area contributed by atoms with Crippen LogP contribution in [0.2, 0.25) is 0 Å². The maximum atomic E-state index is 14.4. The van der Waals surface area contributed by atoms with Gasteiger partial charge in [0.2, 0.25) is 5.88 Å². The molecule has 3 aromatic rings. The highest BCUT2D eigenvalue weighted by molar-refractivity contribution is 7.17. The first-order valence-corrected chi connectivity index (χ1v) is 15.7. The van der Waals surface area contributed by atoms with Crippen molar-refractivity contribution in [2.75, 3.05) is 13.7 Å². The lowest BCUT2D eigenvalue weighted by molar-refractivity contribution is -0.794. The van der Waals surface area contributed by atoms with Gasteiger partial charge in [-0.15, -0.1) is 17.9 Å². The topological polar surface area (TPSA) is 143 Å². The number of thiophene rings is 1. The van der Waals surface area contributed by atoms with Gasteiger partial charge in [0.05, 0.1) is 12.6 Å². The molecule has 4 heterocycles. The zero-order valence-corrected chi connectivity index (χ0v) is 27.1. The van der Waals surface area contributed by atoms with Crippen LogP contribution >= 0.6 is 11.3 Å². The average molecular weight is 629 g/mol. The summed E-state index contributed by atoms with van der Waals surface area (Å²) in [5, 5.41) is 8.68. The number of fused-ring (bicyclic) bond motifs is 1. The van der Waals surface area contributed by atoms with Crippen molar-refractivity contribution in [3.63, 3.8) is 0 Å². The predicted octanol–water partition coefficient (Wildman–Crippen LogP) is 6.33. The molecule has 1 aliphatic heterocycles. The first-order chi connectivity index (χ1) is 20.9. The fourth-order valence-electron chi connectivity index (χ4n) is 5.50. The number of alkyl carbamates (subject to hydrolysis) is 1. The predicted molar refractivity (Wildman–Crippen MR) is 165 cm³/mol. The van der Waals surface area contributed by atoms with Gasteiger partial charge in [-0.3, -0.25) is 0 Å². The molecule has 1 unspecified atom stereocenters. The van der Waals surface area contributed by atoms with Gasteiger partial charge in [0.15, 0.2) is 17.6 Å². The van der Waals surface area contributed by atoms with E-state index in [9.17, 15) is 14.4 Å². The molecule has 0 saturated carbocycles. The van der Waals surface area contributed by atoms with Crippen molar-refractivity contribution < 1.29 is 37.6 Å². The SMILES string of the molecule is C=CCCCCC[C@H](NC(=O)OC(C)(C)C)C(=O)[N+]1(C(=O)OC)C[C@H](Oc2nc(-c3cc(C)on3)nc3ccsc23)C[C@H]1C. The van der Waals surface area contributed by atoms with Crippen molar-refractivity contribution in [3.05, 3.63) is 35.9 Å². The lowest BCUT2D eigenvalue weighted by Gasteiger charge is -2.34. The van der Waals surface area contributed by atoms with Crippen LogP contribution in [0.1, 0.15) is 72.0 Å². The third-order valence-corrected chi connectivity index (χ3v) is 8.43. The van der Waals surface area contributed by atoms with E-state index in [2.05, 4.69) is 27.0 Å². The van der Waals surface area contributed by atoms with E-state index in [-0.39, 0.29) is 6.54 Å². The zero-order chi connectivity index (χ0) is 32.1. The molecule has 1 saturated heterocycles. The number of carbonyl (C=O) groups is 3. The standard InChI is InChI=1S/C31H41N5O7S/c1-8-9-10-11-12-13-23(33-29(38)42-31(4,5)6)28(37)36(30(39)40-7)18-21(16-19(36)2)41-27-25-22(14-15-44-25)32-26(34-27)24-17-20(3)43-35-24/h8,14-15,17,19,21,23H,1,9-13,16,18H2,2-7H3/p+1/t19-,21-,23+,36?/m1/s1. The van der Waals surface area contributed by atoms with E-state index in [1.165, 1.54) is 18.4 Å². The monoisotopic (exact) mass is 628 g/mol. The number of likely N-dealkylation sites (tertiary alicyclic amines) is 1. The van der Waals surface area contributed by atoms with Crippen LogP contribution in [0.3, 0.4) is 0 Å². The molecule has 0 radical (unpaired) electrons. The Labute approximate surface area is 261 Å². The van der Waals surface area contributed by atoms with Gasteiger partial charge in [-0.05, 0) is 65.3 Å². The van der Waals surface area contributed by atoms with Crippen LogP contribution in [0.25, 0.3) is 21.7 Å². The molecule has 12 nitrogen and oxygen atoms in total.